The van der Waals surface area contributed by atoms with Crippen molar-refractivity contribution in [2.24, 2.45) is 0 Å². The summed E-state index contributed by atoms with van der Waals surface area (Å²) in [4.78, 5) is 0. The van der Waals surface area contributed by atoms with Crippen LogP contribution in [0.5, 0.6) is 11.5 Å². The molecule has 0 unspecified atom stereocenters. The van der Waals surface area contributed by atoms with Crippen LogP contribution in [-0.2, 0) is 0 Å². The molecule has 0 spiro atoms. The molecule has 3 aromatic carbocycles. The van der Waals surface area contributed by atoms with E-state index in [1.807, 2.05) is 49.4 Å². The fourth-order valence-corrected chi connectivity index (χ4v) is 2.75. The number of hydrogen-bond donors (Lipinski definition) is 0. The standard InChI is InChI=1S/C21H19FO2/c1-3-24-18-13-9-16(10-14-18)21-19(5-4-6-20(21)23-2)15-7-11-17(22)12-8-15/h4-14H,3H2,1-2H3. The maximum atomic E-state index is 13.2. The summed E-state index contributed by atoms with van der Waals surface area (Å²) in [5, 5.41) is 0. The first-order valence-corrected chi connectivity index (χ1v) is 7.89. The summed E-state index contributed by atoms with van der Waals surface area (Å²) in [6.07, 6.45) is 0. The number of hydrogen-bond acceptors (Lipinski definition) is 2. The van der Waals surface area contributed by atoms with Gasteiger partial charge in [0.2, 0.25) is 0 Å². The molecule has 3 heteroatoms. The lowest BCUT2D eigenvalue weighted by Crippen LogP contribution is -1.93. The van der Waals surface area contributed by atoms with Crippen LogP contribution in [0.25, 0.3) is 22.3 Å². The molecule has 0 aliphatic heterocycles. The van der Waals surface area contributed by atoms with E-state index < -0.39 is 0 Å². The van der Waals surface area contributed by atoms with Gasteiger partial charge in [-0.25, -0.2) is 4.39 Å². The lowest BCUT2D eigenvalue weighted by molar-refractivity contribution is 0.340. The van der Waals surface area contributed by atoms with E-state index in [1.54, 1.807) is 19.2 Å². The molecule has 122 valence electrons. The Bertz CT molecular complexity index is 808. The average Bonchev–Trinajstić information content (AvgIpc) is 2.63. The van der Waals surface area contributed by atoms with Crippen LogP contribution in [0.3, 0.4) is 0 Å². The van der Waals surface area contributed by atoms with Crippen LogP contribution in [-0.4, -0.2) is 13.7 Å². The fraction of sp³-hybridized carbons (Fsp3) is 0.143. The summed E-state index contributed by atoms with van der Waals surface area (Å²) < 4.78 is 24.3. The van der Waals surface area contributed by atoms with Crippen LogP contribution >= 0.6 is 0 Å². The normalized spacial score (nSPS) is 10.5. The predicted molar refractivity (Wildman–Crippen MR) is 95.0 cm³/mol. The van der Waals surface area contributed by atoms with E-state index in [4.69, 9.17) is 9.47 Å². The average molecular weight is 322 g/mol. The highest BCUT2D eigenvalue weighted by atomic mass is 19.1. The van der Waals surface area contributed by atoms with E-state index in [0.29, 0.717) is 6.61 Å². The highest BCUT2D eigenvalue weighted by molar-refractivity contribution is 5.87. The molecule has 0 aliphatic carbocycles. The highest BCUT2D eigenvalue weighted by Gasteiger charge is 2.13. The van der Waals surface area contributed by atoms with Crippen molar-refractivity contribution in [1.82, 2.24) is 0 Å². The molecular formula is C21H19FO2. The Labute approximate surface area is 141 Å². The van der Waals surface area contributed by atoms with Gasteiger partial charge < -0.3 is 9.47 Å². The quantitative estimate of drug-likeness (QED) is 0.611. The Morgan fingerprint density at radius 2 is 1.50 bits per heavy atom. The predicted octanol–water partition coefficient (Wildman–Crippen LogP) is 5.57. The Morgan fingerprint density at radius 1 is 0.833 bits per heavy atom. The molecule has 0 amide bonds. The molecule has 0 aliphatic rings. The zero-order chi connectivity index (χ0) is 16.9. The Kier molecular flexibility index (Phi) is 4.80. The first kappa shape index (κ1) is 16.1. The molecular weight excluding hydrogens is 303 g/mol. The van der Waals surface area contributed by atoms with Gasteiger partial charge in [0.25, 0.3) is 0 Å². The Morgan fingerprint density at radius 3 is 2.12 bits per heavy atom. The van der Waals surface area contributed by atoms with Gasteiger partial charge in [-0.15, -0.1) is 0 Å². The summed E-state index contributed by atoms with van der Waals surface area (Å²) in [5.41, 5.74) is 3.95. The molecule has 0 bridgehead atoms. The largest absolute Gasteiger partial charge is 0.496 e. The van der Waals surface area contributed by atoms with E-state index >= 15 is 0 Å². The molecule has 0 radical (unpaired) electrons. The molecule has 0 saturated heterocycles. The molecule has 24 heavy (non-hydrogen) atoms. The first-order valence-electron chi connectivity index (χ1n) is 7.89. The highest BCUT2D eigenvalue weighted by Crippen LogP contribution is 2.39. The van der Waals surface area contributed by atoms with Gasteiger partial charge in [0.15, 0.2) is 0 Å². The third-order valence-electron chi connectivity index (χ3n) is 3.86. The van der Waals surface area contributed by atoms with Gasteiger partial charge in [-0.3, -0.25) is 0 Å². The lowest BCUT2D eigenvalue weighted by atomic mass is 9.93. The van der Waals surface area contributed by atoms with E-state index in [0.717, 1.165) is 33.8 Å². The Balaban J connectivity index is 2.12. The third kappa shape index (κ3) is 3.25. The van der Waals surface area contributed by atoms with E-state index in [1.165, 1.54) is 12.1 Å². The summed E-state index contributed by atoms with van der Waals surface area (Å²) in [7, 11) is 1.65. The van der Waals surface area contributed by atoms with Crippen molar-refractivity contribution in [2.45, 2.75) is 6.92 Å². The van der Waals surface area contributed by atoms with Crippen molar-refractivity contribution >= 4 is 0 Å². The minimum Gasteiger partial charge on any atom is -0.496 e. The van der Waals surface area contributed by atoms with Gasteiger partial charge in [0.05, 0.1) is 13.7 Å². The number of rotatable bonds is 5. The first-order chi connectivity index (χ1) is 11.7. The van der Waals surface area contributed by atoms with Crippen molar-refractivity contribution in [2.75, 3.05) is 13.7 Å². The van der Waals surface area contributed by atoms with Crippen LogP contribution in [0.1, 0.15) is 6.92 Å². The fourth-order valence-electron chi connectivity index (χ4n) is 2.75. The van der Waals surface area contributed by atoms with Crippen LogP contribution in [0, 0.1) is 5.82 Å². The second-order valence-corrected chi connectivity index (χ2v) is 5.35. The van der Waals surface area contributed by atoms with Crippen LogP contribution in [0.2, 0.25) is 0 Å². The van der Waals surface area contributed by atoms with E-state index in [-0.39, 0.29) is 5.82 Å². The summed E-state index contributed by atoms with van der Waals surface area (Å²) in [5.74, 6) is 1.37. The molecule has 2 nitrogen and oxygen atoms in total. The van der Waals surface area contributed by atoms with Crippen molar-refractivity contribution in [3.05, 3.63) is 72.5 Å². The number of methoxy groups -OCH3 is 1. The summed E-state index contributed by atoms with van der Waals surface area (Å²) in [6.45, 7) is 2.59. The SMILES string of the molecule is CCOc1ccc(-c2c(OC)cccc2-c2ccc(F)cc2)cc1. The summed E-state index contributed by atoms with van der Waals surface area (Å²) >= 11 is 0. The molecule has 0 heterocycles. The Hall–Kier alpha value is -2.81. The van der Waals surface area contributed by atoms with Gasteiger partial charge in [-0.2, -0.15) is 0 Å². The van der Waals surface area contributed by atoms with Gasteiger partial charge in [0, 0.05) is 5.56 Å². The van der Waals surface area contributed by atoms with Gasteiger partial charge >= 0.3 is 0 Å². The molecule has 0 N–H and O–H groups in total. The van der Waals surface area contributed by atoms with Gasteiger partial charge in [0.1, 0.15) is 17.3 Å². The van der Waals surface area contributed by atoms with Crippen molar-refractivity contribution in [3.8, 4) is 33.8 Å². The van der Waals surface area contributed by atoms with Crippen molar-refractivity contribution < 1.29 is 13.9 Å². The maximum Gasteiger partial charge on any atom is 0.127 e. The minimum absolute atomic E-state index is 0.246. The smallest absolute Gasteiger partial charge is 0.127 e. The number of ether oxygens (including phenoxy) is 2. The lowest BCUT2D eigenvalue weighted by Gasteiger charge is -2.15. The van der Waals surface area contributed by atoms with Crippen LogP contribution in [0.15, 0.2) is 66.7 Å². The van der Waals surface area contributed by atoms with E-state index in [9.17, 15) is 4.39 Å². The summed E-state index contributed by atoms with van der Waals surface area (Å²) in [6, 6.07) is 20.3. The number of benzene rings is 3. The molecule has 3 aromatic rings. The second-order valence-electron chi connectivity index (χ2n) is 5.35. The molecule has 0 atom stereocenters. The maximum absolute atomic E-state index is 13.2. The van der Waals surface area contributed by atoms with E-state index in [2.05, 4.69) is 0 Å². The zero-order valence-electron chi connectivity index (χ0n) is 13.8. The monoisotopic (exact) mass is 322 g/mol. The molecule has 0 aromatic heterocycles. The van der Waals surface area contributed by atoms with Crippen LogP contribution < -0.4 is 9.47 Å². The topological polar surface area (TPSA) is 18.5 Å². The second kappa shape index (κ2) is 7.18. The molecule has 3 rings (SSSR count). The minimum atomic E-state index is -0.246. The van der Waals surface area contributed by atoms with Crippen molar-refractivity contribution in [3.63, 3.8) is 0 Å². The third-order valence-corrected chi connectivity index (χ3v) is 3.86. The van der Waals surface area contributed by atoms with Crippen molar-refractivity contribution in [1.29, 1.82) is 0 Å². The molecule has 0 fully saturated rings. The van der Waals surface area contributed by atoms with Gasteiger partial charge in [-0.1, -0.05) is 36.4 Å². The van der Waals surface area contributed by atoms with Crippen LogP contribution in [0.4, 0.5) is 4.39 Å². The molecule has 0 saturated carbocycles. The number of halogens is 1. The zero-order valence-corrected chi connectivity index (χ0v) is 13.8. The van der Waals surface area contributed by atoms with Gasteiger partial charge in [-0.05, 0) is 53.9 Å².